The van der Waals surface area contributed by atoms with Gasteiger partial charge in [0.15, 0.2) is 0 Å². The molecule has 8 heteroatoms. The minimum atomic E-state index is -3.34. The number of hydrogen-bond acceptors (Lipinski definition) is 5. The number of carbonyl (C=O) groups is 1. The van der Waals surface area contributed by atoms with E-state index < -0.39 is 21.1 Å². The van der Waals surface area contributed by atoms with E-state index in [0.717, 1.165) is 6.26 Å². The van der Waals surface area contributed by atoms with Gasteiger partial charge in [-0.1, -0.05) is 6.07 Å². The maximum absolute atomic E-state index is 14.0. The van der Waals surface area contributed by atoms with Crippen LogP contribution in [0.2, 0.25) is 0 Å². The smallest absolute Gasteiger partial charge is 0.234 e. The molecule has 6 nitrogen and oxygen atoms in total. The molecule has 1 aromatic rings. The summed E-state index contributed by atoms with van der Waals surface area (Å²) in [5.41, 5.74) is -0.753. The van der Waals surface area contributed by atoms with Crippen molar-refractivity contribution in [3.05, 3.63) is 29.6 Å². The third-order valence-electron chi connectivity index (χ3n) is 4.08. The maximum atomic E-state index is 14.0. The van der Waals surface area contributed by atoms with Gasteiger partial charge in [-0.15, -0.1) is 0 Å². The summed E-state index contributed by atoms with van der Waals surface area (Å²) in [7, 11) is -3.34. The number of ether oxygens (including phenoxy) is 2. The molecule has 0 saturated carbocycles. The standard InChI is InChI=1S/C15H18FNO5S/c1-23(19,20)10-15(8-21-9-15)14(18)17-5-6-22-13-4-2-3-12(16)11(13)7-17/h2-4H,5-10H2,1H3. The lowest BCUT2D eigenvalue weighted by molar-refractivity contribution is -0.168. The molecule has 0 radical (unpaired) electrons. The number of amides is 1. The van der Waals surface area contributed by atoms with E-state index in [-0.39, 0.29) is 44.6 Å². The monoisotopic (exact) mass is 343 g/mol. The first kappa shape index (κ1) is 16.2. The van der Waals surface area contributed by atoms with E-state index in [2.05, 4.69) is 0 Å². The first-order valence-corrected chi connectivity index (χ1v) is 9.32. The van der Waals surface area contributed by atoms with Crippen molar-refractivity contribution in [2.45, 2.75) is 6.54 Å². The molecule has 2 aliphatic rings. The van der Waals surface area contributed by atoms with Crippen LogP contribution in [0, 0.1) is 11.2 Å². The van der Waals surface area contributed by atoms with Gasteiger partial charge in [0.1, 0.15) is 33.4 Å². The highest BCUT2D eigenvalue weighted by Gasteiger charge is 2.50. The summed E-state index contributed by atoms with van der Waals surface area (Å²) in [5.74, 6) is -0.610. The lowest BCUT2D eigenvalue weighted by Crippen LogP contribution is -2.58. The van der Waals surface area contributed by atoms with Crippen molar-refractivity contribution in [1.29, 1.82) is 0 Å². The lowest BCUT2D eigenvalue weighted by atomic mass is 9.86. The van der Waals surface area contributed by atoms with Crippen LogP contribution in [0.25, 0.3) is 0 Å². The Bertz CT molecular complexity index is 729. The first-order chi connectivity index (χ1) is 10.8. The Balaban J connectivity index is 1.86. The zero-order valence-electron chi connectivity index (χ0n) is 12.7. The molecule has 2 heterocycles. The Kier molecular flexibility index (Phi) is 4.05. The molecule has 0 aromatic heterocycles. The van der Waals surface area contributed by atoms with Gasteiger partial charge >= 0.3 is 0 Å². The van der Waals surface area contributed by atoms with Gasteiger partial charge in [-0.25, -0.2) is 12.8 Å². The molecule has 0 N–H and O–H groups in total. The summed E-state index contributed by atoms with van der Waals surface area (Å²) < 4.78 is 47.9. The average molecular weight is 343 g/mol. The van der Waals surface area contributed by atoms with Gasteiger partial charge in [0.25, 0.3) is 0 Å². The van der Waals surface area contributed by atoms with Gasteiger partial charge in [0.05, 0.1) is 32.1 Å². The van der Waals surface area contributed by atoms with Crippen molar-refractivity contribution in [3.8, 4) is 5.75 Å². The van der Waals surface area contributed by atoms with Crippen molar-refractivity contribution in [2.24, 2.45) is 5.41 Å². The summed E-state index contributed by atoms with van der Waals surface area (Å²) >= 11 is 0. The highest BCUT2D eigenvalue weighted by atomic mass is 32.2. The Labute approximate surface area is 134 Å². The van der Waals surface area contributed by atoms with E-state index in [0.29, 0.717) is 11.3 Å². The molecule has 0 unspecified atom stereocenters. The fourth-order valence-corrected chi connectivity index (χ4v) is 4.28. The molecule has 0 atom stereocenters. The van der Waals surface area contributed by atoms with Gasteiger partial charge in [-0.3, -0.25) is 4.79 Å². The molecular formula is C15H18FNO5S. The predicted molar refractivity (Wildman–Crippen MR) is 80.3 cm³/mol. The minimum Gasteiger partial charge on any atom is -0.491 e. The molecule has 3 rings (SSSR count). The van der Waals surface area contributed by atoms with Crippen molar-refractivity contribution >= 4 is 15.7 Å². The van der Waals surface area contributed by atoms with Crippen molar-refractivity contribution in [2.75, 3.05) is 38.4 Å². The molecule has 2 aliphatic heterocycles. The SMILES string of the molecule is CS(=O)(=O)CC1(C(=O)N2CCOc3cccc(F)c3C2)COC1. The highest BCUT2D eigenvalue weighted by molar-refractivity contribution is 7.90. The summed E-state index contributed by atoms with van der Waals surface area (Å²) in [6, 6.07) is 4.52. The van der Waals surface area contributed by atoms with E-state index in [9.17, 15) is 17.6 Å². The van der Waals surface area contributed by atoms with Crippen molar-refractivity contribution in [3.63, 3.8) is 0 Å². The highest BCUT2D eigenvalue weighted by Crippen LogP contribution is 2.34. The van der Waals surface area contributed by atoms with Crippen LogP contribution in [-0.4, -0.2) is 57.6 Å². The van der Waals surface area contributed by atoms with Crippen LogP contribution >= 0.6 is 0 Å². The number of rotatable bonds is 3. The number of hydrogen-bond donors (Lipinski definition) is 0. The fraction of sp³-hybridized carbons (Fsp3) is 0.533. The Hall–Kier alpha value is -1.67. The van der Waals surface area contributed by atoms with Crippen LogP contribution in [-0.2, 0) is 25.9 Å². The topological polar surface area (TPSA) is 72.9 Å². The average Bonchev–Trinajstić information content (AvgIpc) is 2.64. The first-order valence-electron chi connectivity index (χ1n) is 7.26. The fourth-order valence-electron chi connectivity index (χ4n) is 2.99. The molecule has 1 aromatic carbocycles. The third-order valence-corrected chi connectivity index (χ3v) is 5.16. The van der Waals surface area contributed by atoms with Crippen LogP contribution < -0.4 is 4.74 Å². The zero-order valence-corrected chi connectivity index (χ0v) is 13.6. The summed E-state index contributed by atoms with van der Waals surface area (Å²) in [6.45, 7) is 0.712. The summed E-state index contributed by atoms with van der Waals surface area (Å²) in [6.07, 6.45) is 1.10. The van der Waals surface area contributed by atoms with Gasteiger partial charge in [0, 0.05) is 11.8 Å². The van der Waals surface area contributed by atoms with Crippen molar-refractivity contribution < 1.29 is 27.1 Å². The molecule has 126 valence electrons. The minimum absolute atomic E-state index is 0.0619. The van der Waals surface area contributed by atoms with Gasteiger partial charge < -0.3 is 14.4 Å². The predicted octanol–water partition coefficient (Wildman–Crippen LogP) is 0.608. The van der Waals surface area contributed by atoms with E-state index >= 15 is 0 Å². The molecule has 1 amide bonds. The summed E-state index contributed by atoms with van der Waals surface area (Å²) in [4.78, 5) is 14.3. The molecular weight excluding hydrogens is 325 g/mol. The number of fused-ring (bicyclic) bond motifs is 1. The number of carbonyl (C=O) groups excluding carboxylic acids is 1. The quantitative estimate of drug-likeness (QED) is 0.804. The van der Waals surface area contributed by atoms with Crippen LogP contribution in [0.15, 0.2) is 18.2 Å². The van der Waals surface area contributed by atoms with Crippen molar-refractivity contribution in [1.82, 2.24) is 4.90 Å². The number of benzene rings is 1. The number of nitrogens with zero attached hydrogens (tertiary/aromatic N) is 1. The second-order valence-corrected chi connectivity index (χ2v) is 8.28. The van der Waals surface area contributed by atoms with Crippen LogP contribution in [0.1, 0.15) is 5.56 Å². The Morgan fingerprint density at radius 3 is 2.74 bits per heavy atom. The number of halogens is 1. The van der Waals surface area contributed by atoms with Gasteiger partial charge in [-0.05, 0) is 12.1 Å². The van der Waals surface area contributed by atoms with Crippen LogP contribution in [0.4, 0.5) is 4.39 Å². The largest absolute Gasteiger partial charge is 0.491 e. The summed E-state index contributed by atoms with van der Waals surface area (Å²) in [5, 5.41) is 0. The maximum Gasteiger partial charge on any atom is 0.234 e. The third kappa shape index (κ3) is 3.18. The number of sulfone groups is 1. The zero-order chi connectivity index (χ0) is 16.7. The normalized spacial score (nSPS) is 20.0. The second kappa shape index (κ2) is 5.76. The van der Waals surface area contributed by atoms with Crippen LogP contribution in [0.3, 0.4) is 0 Å². The molecule has 0 bridgehead atoms. The molecule has 0 spiro atoms. The molecule has 1 saturated heterocycles. The van der Waals surface area contributed by atoms with E-state index in [1.165, 1.54) is 11.0 Å². The van der Waals surface area contributed by atoms with Gasteiger partial charge in [-0.2, -0.15) is 0 Å². The van der Waals surface area contributed by atoms with E-state index in [4.69, 9.17) is 9.47 Å². The second-order valence-electron chi connectivity index (χ2n) is 6.13. The van der Waals surface area contributed by atoms with E-state index in [1.54, 1.807) is 12.1 Å². The molecule has 0 aliphatic carbocycles. The molecule has 1 fully saturated rings. The van der Waals surface area contributed by atoms with Gasteiger partial charge in [0.2, 0.25) is 5.91 Å². The van der Waals surface area contributed by atoms with E-state index in [1.807, 2.05) is 0 Å². The molecule has 23 heavy (non-hydrogen) atoms. The Morgan fingerprint density at radius 1 is 1.39 bits per heavy atom. The van der Waals surface area contributed by atoms with Crippen LogP contribution in [0.5, 0.6) is 5.75 Å². The lowest BCUT2D eigenvalue weighted by Gasteiger charge is -2.42. The Morgan fingerprint density at radius 2 is 2.13 bits per heavy atom.